The number of hydrogen-bond acceptors (Lipinski definition) is 3. The molecule has 0 aliphatic heterocycles. The number of benzene rings is 2. The second kappa shape index (κ2) is 17.2. The van der Waals surface area contributed by atoms with Gasteiger partial charge in [0.1, 0.15) is 25.0 Å². The van der Waals surface area contributed by atoms with E-state index in [-0.39, 0.29) is 18.7 Å². The minimum Gasteiger partial charge on any atom is -0.487 e. The van der Waals surface area contributed by atoms with Crippen LogP contribution in [0.1, 0.15) is 89.2 Å². The van der Waals surface area contributed by atoms with Crippen LogP contribution in [0.15, 0.2) is 54.6 Å². The molecule has 0 radical (unpaired) electrons. The zero-order valence-corrected chi connectivity index (χ0v) is 23.3. The molecule has 1 atom stereocenters. The largest absolute Gasteiger partial charge is 0.487 e. The minimum absolute atomic E-state index is 0.189. The summed E-state index contributed by atoms with van der Waals surface area (Å²) in [5, 5.41) is 0. The summed E-state index contributed by atoms with van der Waals surface area (Å²) in [5.74, 6) is 0.657. The first-order valence-electron chi connectivity index (χ1n) is 14.1. The van der Waals surface area contributed by atoms with Gasteiger partial charge in [-0.15, -0.1) is 0 Å². The third-order valence-electron chi connectivity index (χ3n) is 6.54. The highest BCUT2D eigenvalue weighted by Gasteiger charge is 2.22. The molecule has 0 saturated heterocycles. The smallest absolute Gasteiger partial charge is 0.361 e. The average molecular weight is 497 g/mol. The molecular weight excluding hydrogens is 446 g/mol. The van der Waals surface area contributed by atoms with E-state index in [4.69, 9.17) is 9.47 Å². The number of likely N-dealkylation sites (N-methyl/N-ethyl adjacent to an activating group) is 1. The Morgan fingerprint density at radius 3 is 2.08 bits per heavy atom. The summed E-state index contributed by atoms with van der Waals surface area (Å²) in [6.45, 7) is 5.60. The molecular formula is C32H50NO3+. The maximum absolute atomic E-state index is 12.4. The van der Waals surface area contributed by atoms with Crippen LogP contribution in [-0.2, 0) is 22.5 Å². The lowest BCUT2D eigenvalue weighted by molar-refractivity contribution is -0.896. The predicted octanol–water partition coefficient (Wildman–Crippen LogP) is 7.74. The van der Waals surface area contributed by atoms with Crippen molar-refractivity contribution in [2.75, 3.05) is 27.2 Å². The van der Waals surface area contributed by atoms with E-state index in [1.165, 1.54) is 75.3 Å². The second-order valence-corrected chi connectivity index (χ2v) is 10.9. The Morgan fingerprint density at radius 1 is 0.806 bits per heavy atom. The molecule has 4 heteroatoms. The first-order valence-corrected chi connectivity index (χ1v) is 14.1. The molecule has 0 amide bonds. The summed E-state index contributed by atoms with van der Waals surface area (Å²) in [6.07, 6.45) is 14.4. The highest BCUT2D eigenvalue weighted by molar-refractivity contribution is 5.70. The van der Waals surface area contributed by atoms with Crippen LogP contribution in [0.2, 0.25) is 0 Å². The molecule has 0 fully saturated rings. The molecule has 200 valence electrons. The zero-order valence-electron chi connectivity index (χ0n) is 23.3. The van der Waals surface area contributed by atoms with Crippen molar-refractivity contribution in [1.82, 2.24) is 0 Å². The highest BCUT2D eigenvalue weighted by atomic mass is 16.6. The Labute approximate surface area is 220 Å². The van der Waals surface area contributed by atoms with Crippen molar-refractivity contribution in [3.63, 3.8) is 0 Å². The summed E-state index contributed by atoms with van der Waals surface area (Å²) < 4.78 is 12.1. The van der Waals surface area contributed by atoms with Gasteiger partial charge in [-0.25, -0.2) is 4.79 Å². The van der Waals surface area contributed by atoms with Crippen LogP contribution in [0.4, 0.5) is 0 Å². The maximum atomic E-state index is 12.4. The van der Waals surface area contributed by atoms with E-state index in [1.807, 2.05) is 45.3 Å². The molecule has 4 nitrogen and oxygen atoms in total. The third-order valence-corrected chi connectivity index (χ3v) is 6.54. The van der Waals surface area contributed by atoms with Gasteiger partial charge in [-0.05, 0) is 37.5 Å². The van der Waals surface area contributed by atoms with E-state index >= 15 is 0 Å². The number of unbranched alkanes of at least 4 members (excludes halogenated alkanes) is 9. The van der Waals surface area contributed by atoms with Crippen LogP contribution in [0.25, 0.3) is 0 Å². The van der Waals surface area contributed by atoms with Crippen LogP contribution in [0.3, 0.4) is 0 Å². The van der Waals surface area contributed by atoms with Crippen molar-refractivity contribution < 1.29 is 18.8 Å². The molecule has 2 aromatic carbocycles. The summed E-state index contributed by atoms with van der Waals surface area (Å²) in [5.41, 5.74) is 2.53. The molecule has 0 aliphatic carbocycles. The maximum Gasteiger partial charge on any atom is 0.361 e. The van der Waals surface area contributed by atoms with E-state index in [1.54, 1.807) is 0 Å². The highest BCUT2D eigenvalue weighted by Crippen LogP contribution is 2.18. The standard InChI is InChI=1S/C32H50NO3/c1-5-6-7-8-9-10-11-12-13-15-19-29-22-18-23-31(24-29)36-28(2)27-35-32(34)26-33(3,4)25-30-20-16-14-17-21-30/h14,16-18,20-24,28H,5-13,15,19,25-27H2,1-4H3/q+1. The van der Waals surface area contributed by atoms with Gasteiger partial charge in [0.15, 0.2) is 6.54 Å². The summed E-state index contributed by atoms with van der Waals surface area (Å²) in [4.78, 5) is 12.4. The Bertz CT molecular complexity index is 849. The van der Waals surface area contributed by atoms with Gasteiger partial charge in [0.05, 0.1) is 14.1 Å². The van der Waals surface area contributed by atoms with Gasteiger partial charge in [-0.1, -0.05) is 107 Å². The van der Waals surface area contributed by atoms with E-state index in [9.17, 15) is 4.79 Å². The van der Waals surface area contributed by atoms with Crippen molar-refractivity contribution in [3.8, 4) is 5.75 Å². The van der Waals surface area contributed by atoms with Crippen molar-refractivity contribution >= 4 is 5.97 Å². The van der Waals surface area contributed by atoms with Crippen molar-refractivity contribution in [3.05, 3.63) is 65.7 Å². The average Bonchev–Trinajstić information content (AvgIpc) is 2.84. The molecule has 1 unspecified atom stereocenters. The number of ether oxygens (including phenoxy) is 2. The fourth-order valence-electron chi connectivity index (χ4n) is 4.60. The first-order chi connectivity index (χ1) is 17.4. The van der Waals surface area contributed by atoms with Crippen LogP contribution in [0, 0.1) is 0 Å². The molecule has 0 saturated carbocycles. The summed E-state index contributed by atoms with van der Waals surface area (Å²) >= 11 is 0. The summed E-state index contributed by atoms with van der Waals surface area (Å²) in [7, 11) is 4.10. The lowest BCUT2D eigenvalue weighted by Crippen LogP contribution is -2.44. The molecule has 0 heterocycles. The Morgan fingerprint density at radius 2 is 1.42 bits per heavy atom. The van der Waals surface area contributed by atoms with Gasteiger partial charge >= 0.3 is 5.97 Å². The molecule has 0 N–H and O–H groups in total. The number of esters is 1. The number of rotatable bonds is 19. The van der Waals surface area contributed by atoms with E-state index in [0.717, 1.165) is 18.7 Å². The topological polar surface area (TPSA) is 35.5 Å². The molecule has 2 aromatic rings. The second-order valence-electron chi connectivity index (χ2n) is 10.9. The monoisotopic (exact) mass is 496 g/mol. The van der Waals surface area contributed by atoms with E-state index < -0.39 is 0 Å². The van der Waals surface area contributed by atoms with Crippen molar-refractivity contribution in [1.29, 1.82) is 0 Å². The van der Waals surface area contributed by atoms with Crippen LogP contribution >= 0.6 is 0 Å². The molecule has 36 heavy (non-hydrogen) atoms. The first kappa shape index (κ1) is 29.9. The normalized spacial score (nSPS) is 12.3. The van der Waals surface area contributed by atoms with Gasteiger partial charge in [0.25, 0.3) is 0 Å². The number of carbonyl (C=O) groups excluding carboxylic acids is 1. The minimum atomic E-state index is -0.193. The predicted molar refractivity (Wildman–Crippen MR) is 150 cm³/mol. The van der Waals surface area contributed by atoms with Crippen LogP contribution < -0.4 is 4.74 Å². The quantitative estimate of drug-likeness (QED) is 0.113. The Kier molecular flexibility index (Phi) is 14.3. The zero-order chi connectivity index (χ0) is 26.1. The van der Waals surface area contributed by atoms with Gasteiger partial charge < -0.3 is 14.0 Å². The number of hydrogen-bond donors (Lipinski definition) is 0. The van der Waals surface area contributed by atoms with Gasteiger partial charge in [-0.2, -0.15) is 0 Å². The Hall–Kier alpha value is -2.33. The van der Waals surface area contributed by atoms with Gasteiger partial charge in [-0.3, -0.25) is 0 Å². The molecule has 0 bridgehead atoms. The lowest BCUT2D eigenvalue weighted by atomic mass is 10.0. The van der Waals surface area contributed by atoms with Gasteiger partial charge in [0, 0.05) is 5.56 Å². The number of nitrogens with zero attached hydrogens (tertiary/aromatic N) is 1. The van der Waals surface area contributed by atoms with Crippen molar-refractivity contribution in [2.24, 2.45) is 0 Å². The molecule has 2 rings (SSSR count). The van der Waals surface area contributed by atoms with E-state index in [0.29, 0.717) is 11.0 Å². The molecule has 0 aromatic heterocycles. The number of quaternary nitrogens is 1. The number of aryl methyl sites for hydroxylation is 1. The Balaban J connectivity index is 1.61. The van der Waals surface area contributed by atoms with E-state index in [2.05, 4.69) is 37.3 Å². The van der Waals surface area contributed by atoms with Gasteiger partial charge in [0.2, 0.25) is 0 Å². The molecule has 0 spiro atoms. The molecule has 0 aliphatic rings. The fourth-order valence-corrected chi connectivity index (χ4v) is 4.60. The third kappa shape index (κ3) is 13.7. The summed E-state index contributed by atoms with van der Waals surface area (Å²) in [6, 6.07) is 18.6. The number of carbonyl (C=O) groups is 1. The lowest BCUT2D eigenvalue weighted by Gasteiger charge is -2.28. The van der Waals surface area contributed by atoms with Crippen molar-refractivity contribution in [2.45, 2.75) is 97.1 Å². The van der Waals surface area contributed by atoms with Crippen LogP contribution in [-0.4, -0.2) is 43.8 Å². The SMILES string of the molecule is CCCCCCCCCCCCc1cccc(OC(C)COC(=O)C[N+](C)(C)Cc2ccccc2)c1. The fraction of sp³-hybridized carbons (Fsp3) is 0.594. The van der Waals surface area contributed by atoms with Crippen LogP contribution in [0.5, 0.6) is 5.75 Å².